The normalized spacial score (nSPS) is 15.7. The van der Waals surface area contributed by atoms with Crippen LogP contribution in [0, 0.1) is 6.92 Å². The van der Waals surface area contributed by atoms with Crippen LogP contribution < -0.4 is 4.72 Å². The van der Waals surface area contributed by atoms with Gasteiger partial charge in [-0.3, -0.25) is 0 Å². The minimum Gasteiger partial charge on any atom is -0.407 e. The zero-order valence-corrected chi connectivity index (χ0v) is 13.1. The number of rotatable bonds is 4. The smallest absolute Gasteiger partial charge is 0.329 e. The molecule has 2 aromatic rings. The van der Waals surface area contributed by atoms with Gasteiger partial charge in [-0.25, -0.2) is 13.1 Å². The summed E-state index contributed by atoms with van der Waals surface area (Å²) < 4.78 is 32.8. The lowest BCUT2D eigenvalue weighted by Gasteiger charge is -1.99. The van der Waals surface area contributed by atoms with Crippen molar-refractivity contribution in [3.05, 3.63) is 21.3 Å². The van der Waals surface area contributed by atoms with Crippen molar-refractivity contribution in [1.29, 1.82) is 0 Å². The van der Waals surface area contributed by atoms with E-state index in [-0.39, 0.29) is 10.2 Å². The first-order valence-electron chi connectivity index (χ1n) is 5.58. The molecule has 0 unspecified atom stereocenters. The Morgan fingerprint density at radius 1 is 1.47 bits per heavy atom. The maximum absolute atomic E-state index is 12.1. The Kier molecular flexibility index (Phi) is 3.14. The van der Waals surface area contributed by atoms with Crippen LogP contribution in [0.3, 0.4) is 0 Å². The van der Waals surface area contributed by atoms with E-state index in [2.05, 4.69) is 30.8 Å². The minimum absolute atomic E-state index is 0.0796. The van der Waals surface area contributed by atoms with Crippen LogP contribution in [0.25, 0.3) is 0 Å². The van der Waals surface area contributed by atoms with Gasteiger partial charge < -0.3 is 4.42 Å². The van der Waals surface area contributed by atoms with E-state index in [0.717, 1.165) is 33.5 Å². The van der Waals surface area contributed by atoms with Gasteiger partial charge >= 0.3 is 6.01 Å². The number of hydrogen-bond donors (Lipinski definition) is 1. The van der Waals surface area contributed by atoms with Gasteiger partial charge in [-0.2, -0.15) is 0 Å². The summed E-state index contributed by atoms with van der Waals surface area (Å²) in [5.74, 6) is 0.796. The average molecular weight is 364 g/mol. The molecule has 0 aliphatic heterocycles. The van der Waals surface area contributed by atoms with Crippen LogP contribution >= 0.6 is 27.3 Å². The molecule has 2 aromatic heterocycles. The maximum atomic E-state index is 12.1. The summed E-state index contributed by atoms with van der Waals surface area (Å²) in [5.41, 5.74) is 0.870. The zero-order chi connectivity index (χ0) is 13.6. The molecule has 102 valence electrons. The molecule has 1 aliphatic carbocycles. The van der Waals surface area contributed by atoms with Crippen molar-refractivity contribution in [2.45, 2.75) is 29.9 Å². The van der Waals surface area contributed by atoms with Gasteiger partial charge in [0.25, 0.3) is 10.0 Å². The number of aromatic nitrogens is 2. The van der Waals surface area contributed by atoms with E-state index in [4.69, 9.17) is 4.42 Å². The zero-order valence-electron chi connectivity index (χ0n) is 9.88. The molecule has 0 aromatic carbocycles. The fraction of sp³-hybridized carbons (Fsp3) is 0.400. The molecule has 1 fully saturated rings. The van der Waals surface area contributed by atoms with Gasteiger partial charge in [-0.1, -0.05) is 5.10 Å². The van der Waals surface area contributed by atoms with E-state index >= 15 is 0 Å². The van der Waals surface area contributed by atoms with Crippen molar-refractivity contribution in [2.24, 2.45) is 0 Å². The summed E-state index contributed by atoms with van der Waals surface area (Å²) in [6.45, 7) is 1.83. The highest BCUT2D eigenvalue weighted by molar-refractivity contribution is 9.11. The Bertz CT molecular complexity index is 699. The first kappa shape index (κ1) is 13.1. The first-order valence-corrected chi connectivity index (χ1v) is 8.67. The molecule has 9 heteroatoms. The summed E-state index contributed by atoms with van der Waals surface area (Å²) in [7, 11) is -3.66. The van der Waals surface area contributed by atoms with Gasteiger partial charge in [-0.15, -0.1) is 16.4 Å². The number of sulfonamides is 1. The van der Waals surface area contributed by atoms with Crippen molar-refractivity contribution >= 4 is 43.3 Å². The molecule has 6 nitrogen and oxygen atoms in total. The number of nitrogens with one attached hydrogen (secondary N) is 1. The van der Waals surface area contributed by atoms with Crippen LogP contribution in [0.1, 0.15) is 30.2 Å². The lowest BCUT2D eigenvalue weighted by molar-refractivity contribution is 0.511. The molecule has 3 rings (SSSR count). The van der Waals surface area contributed by atoms with Gasteiger partial charge in [0.15, 0.2) is 0 Å². The monoisotopic (exact) mass is 363 g/mol. The van der Waals surface area contributed by atoms with Gasteiger partial charge in [0, 0.05) is 5.92 Å². The molecule has 0 atom stereocenters. The Balaban J connectivity index is 1.83. The molecule has 1 aliphatic rings. The molecule has 0 spiro atoms. The SMILES string of the molecule is Cc1cc(S(=O)(=O)Nc2nnc(C3CC3)o2)sc1Br. The summed E-state index contributed by atoms with van der Waals surface area (Å²) in [6, 6.07) is 1.51. The van der Waals surface area contributed by atoms with E-state index in [9.17, 15) is 8.42 Å². The van der Waals surface area contributed by atoms with E-state index in [1.807, 2.05) is 6.92 Å². The van der Waals surface area contributed by atoms with Crippen molar-refractivity contribution in [3.63, 3.8) is 0 Å². The van der Waals surface area contributed by atoms with Crippen LogP contribution in [-0.2, 0) is 10.0 Å². The molecular formula is C10H10BrN3O3S2. The molecule has 19 heavy (non-hydrogen) atoms. The number of thiophene rings is 1. The van der Waals surface area contributed by atoms with Crippen LogP contribution in [0.5, 0.6) is 0 Å². The minimum atomic E-state index is -3.66. The number of halogens is 1. The highest BCUT2D eigenvalue weighted by atomic mass is 79.9. The fourth-order valence-corrected chi connectivity index (χ4v) is 4.65. The van der Waals surface area contributed by atoms with E-state index in [0.29, 0.717) is 11.8 Å². The molecule has 2 heterocycles. The van der Waals surface area contributed by atoms with Gasteiger partial charge in [-0.05, 0) is 47.3 Å². The average Bonchev–Trinajstić information content (AvgIpc) is 3.00. The molecule has 0 saturated heterocycles. The lowest BCUT2D eigenvalue weighted by Crippen LogP contribution is -2.11. The Labute approximate surface area is 122 Å². The van der Waals surface area contributed by atoms with Crippen LogP contribution in [0.2, 0.25) is 0 Å². The third kappa shape index (κ3) is 2.67. The topological polar surface area (TPSA) is 85.1 Å². The Morgan fingerprint density at radius 2 is 2.21 bits per heavy atom. The summed E-state index contributed by atoms with van der Waals surface area (Å²) in [6.07, 6.45) is 2.04. The molecule has 1 saturated carbocycles. The molecule has 0 radical (unpaired) electrons. The third-order valence-electron chi connectivity index (χ3n) is 2.69. The Hall–Kier alpha value is -0.930. The van der Waals surface area contributed by atoms with Crippen molar-refractivity contribution in [1.82, 2.24) is 10.2 Å². The second-order valence-corrected chi connectivity index (χ2v) is 8.63. The van der Waals surface area contributed by atoms with Crippen molar-refractivity contribution in [3.8, 4) is 0 Å². The van der Waals surface area contributed by atoms with Crippen LogP contribution in [0.15, 0.2) is 18.5 Å². The van der Waals surface area contributed by atoms with Gasteiger partial charge in [0.1, 0.15) is 4.21 Å². The standard InChI is InChI=1S/C10H10BrN3O3S2/c1-5-4-7(18-8(5)11)19(15,16)14-10-13-12-9(17-10)6-2-3-6/h4,6H,2-3H2,1H3,(H,13,14). The Morgan fingerprint density at radius 3 is 2.79 bits per heavy atom. The highest BCUT2D eigenvalue weighted by Gasteiger charge is 2.30. The first-order chi connectivity index (χ1) is 8.95. The van der Waals surface area contributed by atoms with E-state index < -0.39 is 10.0 Å². The predicted octanol–water partition coefficient (Wildman–Crippen LogP) is 2.88. The molecule has 1 N–H and O–H groups in total. The number of aryl methyl sites for hydroxylation is 1. The summed E-state index contributed by atoms with van der Waals surface area (Å²) >= 11 is 4.44. The highest BCUT2D eigenvalue weighted by Crippen LogP contribution is 2.39. The van der Waals surface area contributed by atoms with Crippen molar-refractivity contribution < 1.29 is 12.8 Å². The van der Waals surface area contributed by atoms with Gasteiger partial charge in [0.2, 0.25) is 5.89 Å². The third-order valence-corrected chi connectivity index (χ3v) is 6.62. The second kappa shape index (κ2) is 4.57. The van der Waals surface area contributed by atoms with Gasteiger partial charge in [0.05, 0.1) is 3.79 Å². The fourth-order valence-electron chi connectivity index (χ4n) is 1.50. The number of nitrogens with zero attached hydrogens (tertiary/aromatic N) is 2. The maximum Gasteiger partial charge on any atom is 0.329 e. The van der Waals surface area contributed by atoms with E-state index in [1.165, 1.54) is 0 Å². The molecule has 0 bridgehead atoms. The number of hydrogen-bond acceptors (Lipinski definition) is 6. The van der Waals surface area contributed by atoms with Crippen LogP contribution in [0.4, 0.5) is 6.01 Å². The van der Waals surface area contributed by atoms with Crippen molar-refractivity contribution in [2.75, 3.05) is 4.72 Å². The molecular weight excluding hydrogens is 354 g/mol. The summed E-state index contributed by atoms with van der Waals surface area (Å²) in [5, 5.41) is 7.53. The lowest BCUT2D eigenvalue weighted by atomic mass is 10.4. The second-order valence-electron chi connectivity index (χ2n) is 4.35. The predicted molar refractivity (Wildman–Crippen MR) is 73.8 cm³/mol. The number of anilines is 1. The quantitative estimate of drug-likeness (QED) is 0.902. The largest absolute Gasteiger partial charge is 0.407 e. The van der Waals surface area contributed by atoms with E-state index in [1.54, 1.807) is 6.07 Å². The molecule has 0 amide bonds. The summed E-state index contributed by atoms with van der Waals surface area (Å²) in [4.78, 5) is 0. The van der Waals surface area contributed by atoms with Crippen LogP contribution in [-0.4, -0.2) is 18.6 Å².